The molecule has 2 amide bonds. The maximum Gasteiger partial charge on any atom is 0.317 e. The van der Waals surface area contributed by atoms with E-state index in [1.165, 1.54) is 0 Å². The van der Waals surface area contributed by atoms with Crippen molar-refractivity contribution in [1.29, 1.82) is 0 Å². The van der Waals surface area contributed by atoms with Crippen molar-refractivity contribution in [3.63, 3.8) is 0 Å². The van der Waals surface area contributed by atoms with E-state index in [1.54, 1.807) is 11.8 Å². The molecule has 5 nitrogen and oxygen atoms in total. The van der Waals surface area contributed by atoms with E-state index < -0.39 is 11.4 Å². The molecule has 0 bridgehead atoms. The first-order valence-electron chi connectivity index (χ1n) is 7.69. The summed E-state index contributed by atoms with van der Waals surface area (Å²) in [6.45, 7) is 4.97. The van der Waals surface area contributed by atoms with Crippen molar-refractivity contribution < 1.29 is 14.7 Å². The van der Waals surface area contributed by atoms with Gasteiger partial charge < -0.3 is 15.3 Å². The van der Waals surface area contributed by atoms with E-state index in [-0.39, 0.29) is 12.1 Å². The van der Waals surface area contributed by atoms with Crippen molar-refractivity contribution in [1.82, 2.24) is 10.2 Å². The van der Waals surface area contributed by atoms with Crippen LogP contribution in [0.2, 0.25) is 0 Å². The average molecular weight is 282 g/mol. The van der Waals surface area contributed by atoms with E-state index in [4.69, 9.17) is 0 Å². The molecule has 0 aromatic rings. The van der Waals surface area contributed by atoms with Gasteiger partial charge >= 0.3 is 12.0 Å². The number of carboxylic acids is 1. The zero-order chi connectivity index (χ0) is 14.8. The predicted molar refractivity (Wildman–Crippen MR) is 76.5 cm³/mol. The lowest BCUT2D eigenvalue weighted by atomic mass is 9.82. The molecule has 0 aromatic carbocycles. The summed E-state index contributed by atoms with van der Waals surface area (Å²) in [5.74, 6) is -0.0464. The Morgan fingerprint density at radius 2 is 1.90 bits per heavy atom. The Morgan fingerprint density at radius 3 is 2.50 bits per heavy atom. The third kappa shape index (κ3) is 3.44. The maximum absolute atomic E-state index is 12.3. The van der Waals surface area contributed by atoms with E-state index in [0.717, 1.165) is 38.0 Å². The number of urea groups is 1. The van der Waals surface area contributed by atoms with Crippen LogP contribution in [-0.4, -0.2) is 41.1 Å². The molecule has 1 saturated heterocycles. The van der Waals surface area contributed by atoms with Crippen molar-refractivity contribution in [2.45, 2.75) is 58.4 Å². The van der Waals surface area contributed by atoms with Crippen LogP contribution in [0.25, 0.3) is 0 Å². The SMILES string of the molecule is CC1CCC(NC(=O)N2CCCC(C)(C(=O)O)C2)CC1. The number of carbonyl (C=O) groups excluding carboxylic acids is 1. The molecule has 5 heteroatoms. The number of hydrogen-bond acceptors (Lipinski definition) is 2. The second-order valence-corrected chi connectivity index (χ2v) is 6.80. The van der Waals surface area contributed by atoms with Gasteiger partial charge in [0.05, 0.1) is 5.41 Å². The topological polar surface area (TPSA) is 69.6 Å². The Kier molecular flexibility index (Phi) is 4.55. The minimum Gasteiger partial charge on any atom is -0.481 e. The molecular weight excluding hydrogens is 256 g/mol. The minimum absolute atomic E-state index is 0.0864. The van der Waals surface area contributed by atoms with Crippen LogP contribution in [0.1, 0.15) is 52.4 Å². The number of carboxylic acid groups (broad SMARTS) is 1. The number of carbonyl (C=O) groups is 2. The summed E-state index contributed by atoms with van der Waals surface area (Å²) in [6, 6.07) is 0.174. The van der Waals surface area contributed by atoms with Crippen molar-refractivity contribution >= 4 is 12.0 Å². The van der Waals surface area contributed by atoms with Gasteiger partial charge in [0.2, 0.25) is 0 Å². The quantitative estimate of drug-likeness (QED) is 0.817. The van der Waals surface area contributed by atoms with Gasteiger partial charge in [-0.3, -0.25) is 4.79 Å². The van der Waals surface area contributed by atoms with Crippen molar-refractivity contribution in [2.24, 2.45) is 11.3 Å². The molecule has 2 fully saturated rings. The first kappa shape index (κ1) is 15.1. The van der Waals surface area contributed by atoms with Gasteiger partial charge in [-0.2, -0.15) is 0 Å². The maximum atomic E-state index is 12.3. The van der Waals surface area contributed by atoms with Crippen LogP contribution in [-0.2, 0) is 4.79 Å². The van der Waals surface area contributed by atoms with Crippen LogP contribution in [0.4, 0.5) is 4.79 Å². The Morgan fingerprint density at radius 1 is 1.25 bits per heavy atom. The third-order valence-electron chi connectivity index (χ3n) is 4.84. The second kappa shape index (κ2) is 6.02. The largest absolute Gasteiger partial charge is 0.481 e. The normalized spacial score (nSPS) is 34.6. The summed E-state index contributed by atoms with van der Waals surface area (Å²) in [4.78, 5) is 25.3. The van der Waals surface area contributed by atoms with Gasteiger partial charge in [-0.1, -0.05) is 6.92 Å². The fourth-order valence-corrected chi connectivity index (χ4v) is 3.26. The molecule has 1 saturated carbocycles. The van der Waals surface area contributed by atoms with Gasteiger partial charge in [0, 0.05) is 19.1 Å². The number of nitrogens with zero attached hydrogens (tertiary/aromatic N) is 1. The Labute approximate surface area is 120 Å². The fraction of sp³-hybridized carbons (Fsp3) is 0.867. The smallest absolute Gasteiger partial charge is 0.317 e. The highest BCUT2D eigenvalue weighted by Gasteiger charge is 2.39. The third-order valence-corrected chi connectivity index (χ3v) is 4.84. The minimum atomic E-state index is -0.804. The summed E-state index contributed by atoms with van der Waals surface area (Å²) in [5.41, 5.74) is -0.795. The van der Waals surface area contributed by atoms with Crippen LogP contribution >= 0.6 is 0 Å². The molecule has 2 rings (SSSR count). The Bertz CT molecular complexity index is 377. The summed E-state index contributed by atoms with van der Waals surface area (Å²) < 4.78 is 0. The average Bonchev–Trinajstić information content (AvgIpc) is 2.41. The standard InChI is InChI=1S/C15H26N2O3/c1-11-4-6-12(7-5-11)16-14(20)17-9-3-8-15(2,10-17)13(18)19/h11-12H,3-10H2,1-2H3,(H,16,20)(H,18,19). The number of amides is 2. The highest BCUT2D eigenvalue weighted by atomic mass is 16.4. The van der Waals surface area contributed by atoms with E-state index in [0.29, 0.717) is 19.5 Å². The zero-order valence-corrected chi connectivity index (χ0v) is 12.5. The number of nitrogens with one attached hydrogen (secondary N) is 1. The summed E-state index contributed by atoms with van der Waals surface area (Å²) in [5, 5.41) is 12.4. The van der Waals surface area contributed by atoms with E-state index in [2.05, 4.69) is 12.2 Å². The number of likely N-dealkylation sites (tertiary alicyclic amines) is 1. The summed E-state index contributed by atoms with van der Waals surface area (Å²) in [6.07, 6.45) is 5.81. The Balaban J connectivity index is 1.87. The number of piperidine rings is 1. The number of aliphatic carboxylic acids is 1. The zero-order valence-electron chi connectivity index (χ0n) is 12.5. The molecule has 1 aliphatic carbocycles. The number of rotatable bonds is 2. The first-order chi connectivity index (χ1) is 9.40. The molecule has 0 aromatic heterocycles. The molecule has 0 spiro atoms. The van der Waals surface area contributed by atoms with Gasteiger partial charge in [-0.25, -0.2) is 4.79 Å². The highest BCUT2D eigenvalue weighted by molar-refractivity contribution is 5.78. The predicted octanol–water partition coefficient (Wildman–Crippen LogP) is 2.46. The summed E-state index contributed by atoms with van der Waals surface area (Å²) >= 11 is 0. The summed E-state index contributed by atoms with van der Waals surface area (Å²) in [7, 11) is 0. The van der Waals surface area contributed by atoms with Crippen molar-refractivity contribution in [3.05, 3.63) is 0 Å². The van der Waals surface area contributed by atoms with Crippen LogP contribution in [0.5, 0.6) is 0 Å². The van der Waals surface area contributed by atoms with Crippen LogP contribution in [0, 0.1) is 11.3 Å². The molecule has 20 heavy (non-hydrogen) atoms. The van der Waals surface area contributed by atoms with Gasteiger partial charge in [-0.15, -0.1) is 0 Å². The molecule has 1 heterocycles. The molecular formula is C15H26N2O3. The van der Waals surface area contributed by atoms with Crippen molar-refractivity contribution in [3.8, 4) is 0 Å². The highest BCUT2D eigenvalue weighted by Crippen LogP contribution is 2.30. The Hall–Kier alpha value is -1.26. The van der Waals surface area contributed by atoms with Gasteiger partial charge in [0.15, 0.2) is 0 Å². The molecule has 1 unspecified atom stereocenters. The lowest BCUT2D eigenvalue weighted by Gasteiger charge is -2.38. The van der Waals surface area contributed by atoms with Gasteiger partial charge in [0.25, 0.3) is 0 Å². The molecule has 2 N–H and O–H groups in total. The second-order valence-electron chi connectivity index (χ2n) is 6.80. The fourth-order valence-electron chi connectivity index (χ4n) is 3.26. The van der Waals surface area contributed by atoms with Crippen LogP contribution in [0.3, 0.4) is 0 Å². The monoisotopic (exact) mass is 282 g/mol. The van der Waals surface area contributed by atoms with Gasteiger partial charge in [-0.05, 0) is 51.4 Å². The van der Waals surface area contributed by atoms with E-state index in [9.17, 15) is 14.7 Å². The molecule has 114 valence electrons. The molecule has 2 aliphatic rings. The molecule has 1 atom stereocenters. The van der Waals surface area contributed by atoms with Crippen LogP contribution < -0.4 is 5.32 Å². The van der Waals surface area contributed by atoms with E-state index in [1.807, 2.05) is 0 Å². The lowest BCUT2D eigenvalue weighted by molar-refractivity contribution is -0.150. The molecule has 1 aliphatic heterocycles. The van der Waals surface area contributed by atoms with Crippen LogP contribution in [0.15, 0.2) is 0 Å². The lowest BCUT2D eigenvalue weighted by Crippen LogP contribution is -2.53. The van der Waals surface area contributed by atoms with E-state index >= 15 is 0 Å². The molecule has 0 radical (unpaired) electrons. The van der Waals surface area contributed by atoms with Gasteiger partial charge in [0.1, 0.15) is 0 Å². The van der Waals surface area contributed by atoms with Crippen molar-refractivity contribution in [2.75, 3.05) is 13.1 Å². The first-order valence-corrected chi connectivity index (χ1v) is 7.69. The number of hydrogen-bond donors (Lipinski definition) is 2.